The van der Waals surface area contributed by atoms with Crippen molar-refractivity contribution in [1.82, 2.24) is 0 Å². The summed E-state index contributed by atoms with van der Waals surface area (Å²) in [5.74, 6) is -0.948. The third-order valence-corrected chi connectivity index (χ3v) is 3.94. The number of rotatable bonds is 14. The van der Waals surface area contributed by atoms with E-state index in [4.69, 9.17) is 9.94 Å². The first-order valence-electron chi connectivity index (χ1n) is 8.95. The van der Waals surface area contributed by atoms with Crippen molar-refractivity contribution >= 4 is 11.7 Å². The lowest BCUT2D eigenvalue weighted by Gasteiger charge is -2.09. The molecule has 1 rings (SSSR count). The molecule has 0 heterocycles. The molecule has 0 atom stereocenters. The molecule has 0 bridgehead atoms. The number of hydrogen-bond acceptors (Lipinski definition) is 3. The molecule has 4 nitrogen and oxygen atoms in total. The first kappa shape index (κ1) is 19.5. The highest BCUT2D eigenvalue weighted by atomic mass is 16.6. The van der Waals surface area contributed by atoms with Crippen molar-refractivity contribution in [3.8, 4) is 0 Å². The molecule has 4 heteroatoms. The predicted molar refractivity (Wildman–Crippen MR) is 94.8 cm³/mol. The molecule has 1 aromatic carbocycles. The van der Waals surface area contributed by atoms with E-state index >= 15 is 0 Å². The number of carbonyl (C=O) groups is 1. The van der Waals surface area contributed by atoms with Crippen LogP contribution >= 0.6 is 0 Å². The van der Waals surface area contributed by atoms with Crippen LogP contribution in [-0.2, 0) is 4.84 Å². The Hall–Kier alpha value is -1.55. The zero-order valence-electron chi connectivity index (χ0n) is 14.4. The highest BCUT2D eigenvalue weighted by Crippen LogP contribution is 2.15. The highest BCUT2D eigenvalue weighted by molar-refractivity contribution is 5.93. The third-order valence-electron chi connectivity index (χ3n) is 3.94. The number of para-hydroxylation sites is 1. The second kappa shape index (κ2) is 12.9. The summed E-state index contributed by atoms with van der Waals surface area (Å²) >= 11 is 0. The third kappa shape index (κ3) is 9.24. The van der Waals surface area contributed by atoms with Gasteiger partial charge in [-0.15, -0.1) is 0 Å². The summed E-state index contributed by atoms with van der Waals surface area (Å²) in [5, 5.41) is 9.06. The molecular weight excluding hydrogens is 290 g/mol. The Labute approximate surface area is 140 Å². The molecule has 0 fully saturated rings. The number of carboxylic acids is 1. The summed E-state index contributed by atoms with van der Waals surface area (Å²) in [6, 6.07) is 6.77. The van der Waals surface area contributed by atoms with Gasteiger partial charge in [0.25, 0.3) is 0 Å². The largest absolute Gasteiger partial charge is 0.478 e. The molecule has 0 saturated heterocycles. The van der Waals surface area contributed by atoms with Gasteiger partial charge in [-0.05, 0) is 18.6 Å². The predicted octanol–water partition coefficient (Wildman–Crippen LogP) is 5.65. The number of nitrogens with one attached hydrogen (secondary N) is 1. The van der Waals surface area contributed by atoms with Gasteiger partial charge in [0.2, 0.25) is 0 Å². The maximum absolute atomic E-state index is 11.0. The van der Waals surface area contributed by atoms with E-state index in [-0.39, 0.29) is 5.56 Å². The lowest BCUT2D eigenvalue weighted by molar-refractivity contribution is 0.0696. The molecule has 23 heavy (non-hydrogen) atoms. The minimum absolute atomic E-state index is 0.232. The summed E-state index contributed by atoms with van der Waals surface area (Å²) < 4.78 is 0. The minimum atomic E-state index is -0.948. The fraction of sp³-hybridized carbons (Fsp3) is 0.632. The van der Waals surface area contributed by atoms with Gasteiger partial charge in [0.15, 0.2) is 0 Å². The first-order valence-corrected chi connectivity index (χ1v) is 8.95. The highest BCUT2D eigenvalue weighted by Gasteiger charge is 2.08. The quantitative estimate of drug-likeness (QED) is 0.343. The zero-order chi connectivity index (χ0) is 16.8. The Morgan fingerprint density at radius 1 is 0.957 bits per heavy atom. The fourth-order valence-electron chi connectivity index (χ4n) is 2.55. The van der Waals surface area contributed by atoms with Gasteiger partial charge in [0.05, 0.1) is 17.9 Å². The smallest absolute Gasteiger partial charge is 0.337 e. The van der Waals surface area contributed by atoms with Crippen LogP contribution in [0.1, 0.15) is 81.5 Å². The summed E-state index contributed by atoms with van der Waals surface area (Å²) in [6.45, 7) is 2.85. The van der Waals surface area contributed by atoms with Crippen LogP contribution < -0.4 is 5.48 Å². The van der Waals surface area contributed by atoms with Crippen LogP contribution in [0.25, 0.3) is 0 Å². The number of benzene rings is 1. The normalized spacial score (nSPS) is 10.7. The molecular formula is C19H31NO3. The van der Waals surface area contributed by atoms with E-state index in [0.717, 1.165) is 12.8 Å². The van der Waals surface area contributed by atoms with Crippen LogP contribution in [0.15, 0.2) is 24.3 Å². The van der Waals surface area contributed by atoms with Gasteiger partial charge in [0.1, 0.15) is 0 Å². The summed E-state index contributed by atoms with van der Waals surface area (Å²) in [4.78, 5) is 16.4. The van der Waals surface area contributed by atoms with E-state index in [2.05, 4.69) is 12.4 Å². The van der Waals surface area contributed by atoms with Gasteiger partial charge in [-0.3, -0.25) is 10.3 Å². The summed E-state index contributed by atoms with van der Waals surface area (Å²) in [6.07, 6.45) is 12.9. The van der Waals surface area contributed by atoms with Crippen molar-refractivity contribution in [1.29, 1.82) is 0 Å². The summed E-state index contributed by atoms with van der Waals surface area (Å²) in [7, 11) is 0. The molecule has 0 saturated carbocycles. The fourth-order valence-corrected chi connectivity index (χ4v) is 2.55. The topological polar surface area (TPSA) is 58.6 Å². The summed E-state index contributed by atoms with van der Waals surface area (Å²) in [5.41, 5.74) is 3.48. The van der Waals surface area contributed by atoms with Gasteiger partial charge in [0, 0.05) is 0 Å². The van der Waals surface area contributed by atoms with Crippen LogP contribution in [0.4, 0.5) is 5.69 Å². The molecule has 0 radical (unpaired) electrons. The second-order valence-electron chi connectivity index (χ2n) is 5.98. The molecule has 0 aliphatic heterocycles. The molecule has 0 aliphatic carbocycles. The Balaban J connectivity index is 1.97. The molecule has 0 unspecified atom stereocenters. The number of hydrogen-bond donors (Lipinski definition) is 2. The van der Waals surface area contributed by atoms with Crippen molar-refractivity contribution in [3.05, 3.63) is 29.8 Å². The Morgan fingerprint density at radius 2 is 1.52 bits per heavy atom. The van der Waals surface area contributed by atoms with E-state index in [1.807, 2.05) is 0 Å². The van der Waals surface area contributed by atoms with Gasteiger partial charge in [-0.2, -0.15) is 0 Å². The minimum Gasteiger partial charge on any atom is -0.478 e. The van der Waals surface area contributed by atoms with Crippen LogP contribution in [0.2, 0.25) is 0 Å². The van der Waals surface area contributed by atoms with E-state index < -0.39 is 5.97 Å². The number of anilines is 1. The van der Waals surface area contributed by atoms with Crippen LogP contribution in [-0.4, -0.2) is 17.7 Å². The van der Waals surface area contributed by atoms with Crippen molar-refractivity contribution in [3.63, 3.8) is 0 Å². The molecule has 0 aromatic heterocycles. The molecule has 1 aromatic rings. The maximum atomic E-state index is 11.0. The van der Waals surface area contributed by atoms with Gasteiger partial charge in [-0.25, -0.2) is 4.79 Å². The SMILES string of the molecule is CCCCCCCCCCCCONc1ccccc1C(=O)O. The molecule has 2 N–H and O–H groups in total. The van der Waals surface area contributed by atoms with E-state index in [9.17, 15) is 4.79 Å². The number of unbranched alkanes of at least 4 members (excludes halogenated alkanes) is 9. The number of carboxylic acid groups (broad SMARTS) is 1. The standard InChI is InChI=1S/C19H31NO3/c1-2-3-4-5-6-7-8-9-10-13-16-23-20-18-15-12-11-14-17(18)19(21)22/h11-12,14-15,20H,2-10,13,16H2,1H3,(H,21,22). The first-order chi connectivity index (χ1) is 11.3. The van der Waals surface area contributed by atoms with Crippen LogP contribution in [0.3, 0.4) is 0 Å². The van der Waals surface area contributed by atoms with Crippen molar-refractivity contribution in [2.24, 2.45) is 0 Å². The maximum Gasteiger partial charge on any atom is 0.337 e. The van der Waals surface area contributed by atoms with Gasteiger partial charge in [-0.1, -0.05) is 76.8 Å². The molecule has 130 valence electrons. The lowest BCUT2D eigenvalue weighted by Crippen LogP contribution is -2.08. The van der Waals surface area contributed by atoms with Gasteiger partial charge >= 0.3 is 5.97 Å². The Bertz CT molecular complexity index is 434. The van der Waals surface area contributed by atoms with Crippen molar-refractivity contribution in [2.45, 2.75) is 71.1 Å². The average molecular weight is 321 g/mol. The zero-order valence-corrected chi connectivity index (χ0v) is 14.4. The monoisotopic (exact) mass is 321 g/mol. The van der Waals surface area contributed by atoms with E-state index in [1.54, 1.807) is 24.3 Å². The van der Waals surface area contributed by atoms with Crippen molar-refractivity contribution in [2.75, 3.05) is 12.1 Å². The van der Waals surface area contributed by atoms with E-state index in [0.29, 0.717) is 12.3 Å². The molecule has 0 aliphatic rings. The Kier molecular flexibility index (Phi) is 11.0. The van der Waals surface area contributed by atoms with Crippen LogP contribution in [0.5, 0.6) is 0 Å². The second-order valence-corrected chi connectivity index (χ2v) is 5.98. The van der Waals surface area contributed by atoms with Crippen molar-refractivity contribution < 1.29 is 14.7 Å². The molecule has 0 spiro atoms. The average Bonchev–Trinajstić information content (AvgIpc) is 2.56. The van der Waals surface area contributed by atoms with Crippen LogP contribution in [0, 0.1) is 0 Å². The molecule has 0 amide bonds. The van der Waals surface area contributed by atoms with Gasteiger partial charge < -0.3 is 5.11 Å². The van der Waals surface area contributed by atoms with E-state index in [1.165, 1.54) is 51.4 Å². The Morgan fingerprint density at radius 3 is 2.13 bits per heavy atom. The number of aromatic carboxylic acids is 1. The lowest BCUT2D eigenvalue weighted by atomic mass is 10.1.